The molecule has 2 heterocycles. The van der Waals surface area contributed by atoms with Crippen LogP contribution in [0.25, 0.3) is 0 Å². The van der Waals surface area contributed by atoms with Crippen molar-refractivity contribution in [2.45, 2.75) is 12.5 Å². The average molecular weight is 275 g/mol. The molecule has 1 amide bonds. The van der Waals surface area contributed by atoms with E-state index in [2.05, 4.69) is 15.6 Å². The molecule has 0 aliphatic carbocycles. The molecule has 3 rings (SSSR count). The van der Waals surface area contributed by atoms with Crippen LogP contribution in [0.3, 0.4) is 0 Å². The Hall–Kier alpha value is -1.95. The lowest BCUT2D eigenvalue weighted by molar-refractivity contribution is -0.124. The second-order valence-electron chi connectivity index (χ2n) is 4.64. The van der Waals surface area contributed by atoms with Crippen molar-refractivity contribution in [2.24, 2.45) is 10.9 Å². The Morgan fingerprint density at radius 1 is 1.42 bits per heavy atom. The summed E-state index contributed by atoms with van der Waals surface area (Å²) in [6.07, 6.45) is 0.716. The van der Waals surface area contributed by atoms with Crippen LogP contribution in [-0.2, 0) is 4.79 Å². The predicted octanol–water partition coefficient (Wildman–Crippen LogP) is 0.898. The molecule has 1 fully saturated rings. The molecule has 1 aromatic carbocycles. The molecular weight excluding hydrogens is 262 g/mol. The summed E-state index contributed by atoms with van der Waals surface area (Å²) in [6.45, 7) is 0.601. The number of aromatic hydroxyl groups is 1. The maximum atomic E-state index is 12.1. The Morgan fingerprint density at radius 2 is 2.26 bits per heavy atom. The van der Waals surface area contributed by atoms with Crippen LogP contribution in [0.1, 0.15) is 18.0 Å². The normalized spacial score (nSPS) is 26.0. The number of fused-ring (bicyclic) bond motifs is 1. The summed E-state index contributed by atoms with van der Waals surface area (Å²) < 4.78 is 0. The van der Waals surface area contributed by atoms with Gasteiger partial charge in [0, 0.05) is 18.7 Å². The van der Waals surface area contributed by atoms with Gasteiger partial charge in [0.1, 0.15) is 11.7 Å². The standard InChI is InChI=1S/C13H13N3O2S/c17-8-3-1-2-7(6-8)11-10-9(15-13(19)16-11)4-5-14-12(10)18/h1-3,6,10-11,17H,4-5H2,(H,14,18)(H,16,19). The molecule has 0 radical (unpaired) electrons. The van der Waals surface area contributed by atoms with Crippen LogP contribution in [0.5, 0.6) is 5.75 Å². The van der Waals surface area contributed by atoms with Gasteiger partial charge in [0.2, 0.25) is 5.91 Å². The Kier molecular flexibility index (Phi) is 2.94. The zero-order valence-corrected chi connectivity index (χ0v) is 10.9. The highest BCUT2D eigenvalue weighted by Crippen LogP contribution is 2.31. The highest BCUT2D eigenvalue weighted by Gasteiger charge is 2.39. The molecule has 0 aromatic heterocycles. The van der Waals surface area contributed by atoms with Gasteiger partial charge >= 0.3 is 0 Å². The van der Waals surface area contributed by atoms with Gasteiger partial charge in [0.25, 0.3) is 0 Å². The molecule has 3 N–H and O–H groups in total. The van der Waals surface area contributed by atoms with Gasteiger partial charge in [0.15, 0.2) is 5.11 Å². The molecule has 0 bridgehead atoms. The highest BCUT2D eigenvalue weighted by molar-refractivity contribution is 7.80. The second kappa shape index (κ2) is 4.62. The number of phenolic OH excluding ortho intramolecular Hbond substituents is 1. The number of hydrogen-bond acceptors (Lipinski definition) is 3. The van der Waals surface area contributed by atoms with Crippen molar-refractivity contribution >= 4 is 28.9 Å². The Morgan fingerprint density at radius 3 is 3.05 bits per heavy atom. The number of amides is 1. The molecule has 2 unspecified atom stereocenters. The second-order valence-corrected chi connectivity index (χ2v) is 5.03. The number of aliphatic imine (C=N–C) groups is 1. The first-order valence-electron chi connectivity index (χ1n) is 6.10. The summed E-state index contributed by atoms with van der Waals surface area (Å²) in [4.78, 5) is 16.3. The molecule has 6 heteroatoms. The predicted molar refractivity (Wildman–Crippen MR) is 75.1 cm³/mol. The first kappa shape index (κ1) is 12.1. The zero-order valence-electron chi connectivity index (χ0n) is 10.1. The van der Waals surface area contributed by atoms with Crippen molar-refractivity contribution in [2.75, 3.05) is 6.54 Å². The van der Waals surface area contributed by atoms with Gasteiger partial charge in [-0.2, -0.15) is 0 Å². The van der Waals surface area contributed by atoms with Crippen molar-refractivity contribution in [3.63, 3.8) is 0 Å². The lowest BCUT2D eigenvalue weighted by Gasteiger charge is -2.35. The third-order valence-corrected chi connectivity index (χ3v) is 3.62. The van der Waals surface area contributed by atoms with Gasteiger partial charge in [-0.25, -0.2) is 4.99 Å². The molecule has 1 aromatic rings. The van der Waals surface area contributed by atoms with Crippen LogP contribution in [-0.4, -0.2) is 28.4 Å². The fourth-order valence-corrected chi connectivity index (χ4v) is 2.82. The van der Waals surface area contributed by atoms with E-state index in [9.17, 15) is 9.90 Å². The molecule has 2 aliphatic rings. The summed E-state index contributed by atoms with van der Waals surface area (Å²) in [6, 6.07) is 6.59. The van der Waals surface area contributed by atoms with E-state index in [1.54, 1.807) is 18.2 Å². The third kappa shape index (κ3) is 2.19. The highest BCUT2D eigenvalue weighted by atomic mass is 32.1. The quantitative estimate of drug-likeness (QED) is 0.666. The van der Waals surface area contributed by atoms with Gasteiger partial charge in [-0.3, -0.25) is 4.79 Å². The number of phenols is 1. The van der Waals surface area contributed by atoms with E-state index in [1.165, 1.54) is 0 Å². The smallest absolute Gasteiger partial charge is 0.231 e. The Bertz CT molecular complexity index is 585. The minimum atomic E-state index is -0.359. The topological polar surface area (TPSA) is 73.7 Å². The number of carbonyl (C=O) groups is 1. The van der Waals surface area contributed by atoms with E-state index in [0.717, 1.165) is 11.3 Å². The lowest BCUT2D eigenvalue weighted by Crippen LogP contribution is -2.52. The fourth-order valence-electron chi connectivity index (χ4n) is 2.57. The minimum absolute atomic E-state index is 0.0478. The molecule has 0 saturated carbocycles. The maximum absolute atomic E-state index is 12.1. The van der Waals surface area contributed by atoms with Crippen LogP contribution in [0.4, 0.5) is 0 Å². The molecule has 0 spiro atoms. The fraction of sp³-hybridized carbons (Fsp3) is 0.308. The van der Waals surface area contributed by atoms with E-state index in [-0.39, 0.29) is 23.6 Å². The SMILES string of the molecule is O=C1NCCC2=NC(=S)NC(c3cccc(O)c3)C12. The van der Waals surface area contributed by atoms with E-state index in [1.807, 2.05) is 6.07 Å². The lowest BCUT2D eigenvalue weighted by atomic mass is 9.84. The van der Waals surface area contributed by atoms with Crippen LogP contribution in [0.15, 0.2) is 29.3 Å². The summed E-state index contributed by atoms with van der Waals surface area (Å²) in [7, 11) is 0. The number of benzene rings is 1. The number of hydrogen-bond donors (Lipinski definition) is 3. The van der Waals surface area contributed by atoms with E-state index >= 15 is 0 Å². The molecule has 2 atom stereocenters. The maximum Gasteiger partial charge on any atom is 0.231 e. The molecule has 2 aliphatic heterocycles. The van der Waals surface area contributed by atoms with Crippen LogP contribution < -0.4 is 10.6 Å². The van der Waals surface area contributed by atoms with Gasteiger partial charge < -0.3 is 15.7 Å². The van der Waals surface area contributed by atoms with E-state index in [4.69, 9.17) is 12.2 Å². The molecular formula is C13H13N3O2S. The first-order valence-corrected chi connectivity index (χ1v) is 6.50. The number of rotatable bonds is 1. The van der Waals surface area contributed by atoms with Crippen LogP contribution in [0.2, 0.25) is 0 Å². The van der Waals surface area contributed by atoms with Gasteiger partial charge in [-0.15, -0.1) is 0 Å². The summed E-state index contributed by atoms with van der Waals surface area (Å²) in [5.41, 5.74) is 1.65. The van der Waals surface area contributed by atoms with Crippen molar-refractivity contribution < 1.29 is 9.90 Å². The zero-order chi connectivity index (χ0) is 13.4. The number of carbonyl (C=O) groups excluding carboxylic acids is 1. The van der Waals surface area contributed by atoms with Crippen molar-refractivity contribution in [1.29, 1.82) is 0 Å². The summed E-state index contributed by atoms with van der Waals surface area (Å²) in [5.74, 6) is -0.235. The average Bonchev–Trinajstić information content (AvgIpc) is 2.37. The number of nitrogens with one attached hydrogen (secondary N) is 2. The molecule has 98 valence electrons. The van der Waals surface area contributed by atoms with Gasteiger partial charge in [0.05, 0.1) is 6.04 Å². The van der Waals surface area contributed by atoms with Gasteiger partial charge in [-0.05, 0) is 29.9 Å². The van der Waals surface area contributed by atoms with E-state index in [0.29, 0.717) is 18.1 Å². The van der Waals surface area contributed by atoms with Crippen molar-refractivity contribution in [1.82, 2.24) is 10.6 Å². The molecule has 5 nitrogen and oxygen atoms in total. The van der Waals surface area contributed by atoms with E-state index < -0.39 is 0 Å². The van der Waals surface area contributed by atoms with Crippen LogP contribution >= 0.6 is 12.2 Å². The number of thiocarbonyl (C=S) groups is 1. The molecule has 1 saturated heterocycles. The Balaban J connectivity index is 2.03. The first-order chi connectivity index (χ1) is 9.15. The van der Waals surface area contributed by atoms with Crippen molar-refractivity contribution in [3.05, 3.63) is 29.8 Å². The largest absolute Gasteiger partial charge is 0.508 e. The van der Waals surface area contributed by atoms with Gasteiger partial charge in [-0.1, -0.05) is 12.1 Å². The number of nitrogens with zero attached hydrogens (tertiary/aromatic N) is 1. The van der Waals surface area contributed by atoms with Crippen LogP contribution in [0, 0.1) is 5.92 Å². The summed E-state index contributed by atoms with van der Waals surface area (Å²) in [5, 5.41) is 15.9. The Labute approximate surface area is 115 Å². The number of piperidine rings is 1. The third-order valence-electron chi connectivity index (χ3n) is 3.41. The minimum Gasteiger partial charge on any atom is -0.508 e. The van der Waals surface area contributed by atoms with Crippen molar-refractivity contribution in [3.8, 4) is 5.75 Å². The summed E-state index contributed by atoms with van der Waals surface area (Å²) >= 11 is 5.13. The monoisotopic (exact) mass is 275 g/mol. The molecule has 19 heavy (non-hydrogen) atoms.